The number of hydrogen-bond acceptors (Lipinski definition) is 3. The lowest BCUT2D eigenvalue weighted by Crippen LogP contribution is -2.27. The number of nitrogens with one attached hydrogen (secondary N) is 1. The third kappa shape index (κ3) is 4.25. The van der Waals surface area contributed by atoms with Crippen LogP contribution in [0.5, 0.6) is 0 Å². The Morgan fingerprint density at radius 2 is 2.17 bits per heavy atom. The molecule has 2 aromatic heterocycles. The fraction of sp³-hybridized carbons (Fsp3) is 0.417. The normalized spacial score (nSPS) is 11.7. The fourth-order valence-electron chi connectivity index (χ4n) is 1.91. The van der Waals surface area contributed by atoms with Crippen LogP contribution in [-0.4, -0.2) is 32.0 Å². The second-order valence-corrected chi connectivity index (χ2v) is 5.89. The van der Waals surface area contributed by atoms with Crippen molar-refractivity contribution in [3.05, 3.63) is 33.3 Å². The van der Waals surface area contributed by atoms with Crippen LogP contribution in [0.1, 0.15) is 22.6 Å². The first-order valence-corrected chi connectivity index (χ1v) is 7.63. The van der Waals surface area contributed by atoms with Crippen molar-refractivity contribution in [1.29, 1.82) is 0 Å². The van der Waals surface area contributed by atoms with E-state index in [1.54, 1.807) is 10.9 Å². The van der Waals surface area contributed by atoms with Crippen LogP contribution in [0.15, 0.2) is 16.9 Å². The number of hydrogen-bond donors (Lipinski definition) is 1. The standard InChI is InChI=1S/C12H12BrClF3N5O/c1-21-9(8(13)10(20-21)12(15,16)17)11(23)18-3-2-4-22-6-7(14)5-19-22/h5-6H,2-4H2,1H3,(H,18,23). The van der Waals surface area contributed by atoms with Crippen LogP contribution in [0, 0.1) is 0 Å². The molecular weight excluding hydrogens is 403 g/mol. The zero-order valence-electron chi connectivity index (χ0n) is 11.9. The molecule has 6 nitrogen and oxygen atoms in total. The number of aromatic nitrogens is 4. The molecule has 0 aromatic carbocycles. The van der Waals surface area contributed by atoms with Crippen LogP contribution >= 0.6 is 27.5 Å². The zero-order chi connectivity index (χ0) is 17.2. The number of rotatable bonds is 5. The van der Waals surface area contributed by atoms with Gasteiger partial charge in [0.15, 0.2) is 5.69 Å². The van der Waals surface area contributed by atoms with Gasteiger partial charge in [0.25, 0.3) is 5.91 Å². The van der Waals surface area contributed by atoms with Gasteiger partial charge >= 0.3 is 6.18 Å². The minimum Gasteiger partial charge on any atom is -0.351 e. The minimum atomic E-state index is -4.63. The van der Waals surface area contributed by atoms with Crippen LogP contribution in [0.4, 0.5) is 13.2 Å². The van der Waals surface area contributed by atoms with E-state index in [1.165, 1.54) is 13.2 Å². The van der Waals surface area contributed by atoms with Gasteiger partial charge < -0.3 is 5.32 Å². The largest absolute Gasteiger partial charge is 0.436 e. The van der Waals surface area contributed by atoms with Gasteiger partial charge in [-0.25, -0.2) is 0 Å². The summed E-state index contributed by atoms with van der Waals surface area (Å²) >= 11 is 8.51. The van der Waals surface area contributed by atoms with Crippen molar-refractivity contribution in [1.82, 2.24) is 24.9 Å². The van der Waals surface area contributed by atoms with E-state index in [1.807, 2.05) is 0 Å². The maximum Gasteiger partial charge on any atom is 0.436 e. The van der Waals surface area contributed by atoms with Gasteiger partial charge in [-0.3, -0.25) is 14.2 Å². The third-order valence-electron chi connectivity index (χ3n) is 2.92. The van der Waals surface area contributed by atoms with Crippen molar-refractivity contribution < 1.29 is 18.0 Å². The predicted octanol–water partition coefficient (Wildman–Crippen LogP) is 2.87. The number of carbonyl (C=O) groups is 1. The van der Waals surface area contributed by atoms with Crippen LogP contribution in [0.3, 0.4) is 0 Å². The number of nitrogens with zero attached hydrogens (tertiary/aromatic N) is 4. The topological polar surface area (TPSA) is 64.7 Å². The first-order valence-electron chi connectivity index (χ1n) is 6.46. The van der Waals surface area contributed by atoms with Crippen molar-refractivity contribution in [2.75, 3.05) is 6.54 Å². The molecule has 2 heterocycles. The lowest BCUT2D eigenvalue weighted by molar-refractivity contribution is -0.142. The van der Waals surface area contributed by atoms with Gasteiger partial charge in [-0.15, -0.1) is 0 Å². The summed E-state index contributed by atoms with van der Waals surface area (Å²) in [6, 6.07) is 0. The second-order valence-electron chi connectivity index (χ2n) is 4.66. The van der Waals surface area contributed by atoms with Gasteiger partial charge in [0, 0.05) is 26.3 Å². The van der Waals surface area contributed by atoms with Crippen molar-refractivity contribution in [2.24, 2.45) is 7.05 Å². The van der Waals surface area contributed by atoms with E-state index in [0.29, 0.717) is 18.0 Å². The summed E-state index contributed by atoms with van der Waals surface area (Å²) in [5.74, 6) is -0.638. The SMILES string of the molecule is Cn1nc(C(F)(F)F)c(Br)c1C(=O)NCCCn1cc(Cl)cn1. The number of amides is 1. The number of halogens is 5. The minimum absolute atomic E-state index is 0.181. The smallest absolute Gasteiger partial charge is 0.351 e. The van der Waals surface area contributed by atoms with Crippen molar-refractivity contribution in [3.8, 4) is 0 Å². The Hall–Kier alpha value is -1.55. The van der Waals surface area contributed by atoms with Crippen LogP contribution < -0.4 is 5.32 Å². The lowest BCUT2D eigenvalue weighted by atomic mass is 10.3. The van der Waals surface area contributed by atoms with Crippen molar-refractivity contribution in [3.63, 3.8) is 0 Å². The van der Waals surface area contributed by atoms with E-state index >= 15 is 0 Å². The average molecular weight is 415 g/mol. The molecule has 0 atom stereocenters. The monoisotopic (exact) mass is 413 g/mol. The van der Waals surface area contributed by atoms with Gasteiger partial charge in [-0.2, -0.15) is 23.4 Å². The van der Waals surface area contributed by atoms with Crippen molar-refractivity contribution >= 4 is 33.4 Å². The first-order chi connectivity index (χ1) is 10.7. The highest BCUT2D eigenvalue weighted by Crippen LogP contribution is 2.35. The van der Waals surface area contributed by atoms with Gasteiger partial charge in [-0.1, -0.05) is 11.6 Å². The van der Waals surface area contributed by atoms with E-state index in [-0.39, 0.29) is 16.7 Å². The number of alkyl halides is 3. The molecule has 2 aromatic rings. The molecule has 0 saturated carbocycles. The maximum atomic E-state index is 12.7. The molecule has 1 N–H and O–H groups in total. The predicted molar refractivity (Wildman–Crippen MR) is 80.1 cm³/mol. The summed E-state index contributed by atoms with van der Waals surface area (Å²) in [5, 5.41) is 10.4. The molecule has 0 radical (unpaired) electrons. The highest BCUT2D eigenvalue weighted by Gasteiger charge is 2.39. The molecule has 0 aliphatic heterocycles. The quantitative estimate of drug-likeness (QED) is 0.765. The molecule has 0 spiro atoms. The average Bonchev–Trinajstić information content (AvgIpc) is 2.98. The van der Waals surface area contributed by atoms with Gasteiger partial charge in [0.05, 0.1) is 15.7 Å². The van der Waals surface area contributed by atoms with Crippen LogP contribution in [0.2, 0.25) is 5.02 Å². The molecule has 1 amide bonds. The molecule has 2 rings (SSSR count). The molecule has 0 aliphatic carbocycles. The van der Waals surface area contributed by atoms with Crippen molar-refractivity contribution in [2.45, 2.75) is 19.1 Å². The summed E-state index contributed by atoms with van der Waals surface area (Å²) in [4.78, 5) is 12.0. The Kier molecular flexibility index (Phi) is 5.35. The number of carbonyl (C=O) groups excluding carboxylic acids is 1. The Bertz CT molecular complexity index is 712. The van der Waals surface area contributed by atoms with E-state index < -0.39 is 17.8 Å². The summed E-state index contributed by atoms with van der Waals surface area (Å²) in [6.45, 7) is 0.794. The van der Waals surface area contributed by atoms with Crippen LogP contribution in [-0.2, 0) is 19.8 Å². The van der Waals surface area contributed by atoms with E-state index in [0.717, 1.165) is 4.68 Å². The molecule has 0 bridgehead atoms. The summed E-state index contributed by atoms with van der Waals surface area (Å²) < 4.78 is 40.4. The van der Waals surface area contributed by atoms with Gasteiger partial charge in [0.1, 0.15) is 5.69 Å². The molecule has 0 saturated heterocycles. The Balaban J connectivity index is 1.94. The Morgan fingerprint density at radius 1 is 1.48 bits per heavy atom. The fourth-order valence-corrected chi connectivity index (χ4v) is 2.81. The molecule has 0 aliphatic rings. The summed E-state index contributed by atoms with van der Waals surface area (Å²) in [7, 11) is 1.28. The third-order valence-corrected chi connectivity index (χ3v) is 3.87. The van der Waals surface area contributed by atoms with Gasteiger partial charge in [0.2, 0.25) is 0 Å². The lowest BCUT2D eigenvalue weighted by Gasteiger charge is -2.06. The Labute approximate surface area is 142 Å². The molecule has 0 fully saturated rings. The second kappa shape index (κ2) is 6.91. The first kappa shape index (κ1) is 17.8. The highest BCUT2D eigenvalue weighted by atomic mass is 79.9. The van der Waals surface area contributed by atoms with E-state index in [9.17, 15) is 18.0 Å². The molecule has 0 unspecified atom stereocenters. The van der Waals surface area contributed by atoms with Gasteiger partial charge in [-0.05, 0) is 22.4 Å². The zero-order valence-corrected chi connectivity index (χ0v) is 14.2. The maximum absolute atomic E-state index is 12.7. The molecular formula is C12H12BrClF3N5O. The summed E-state index contributed by atoms with van der Waals surface area (Å²) in [5.41, 5.74) is -1.31. The van der Waals surface area contributed by atoms with Crippen LogP contribution in [0.25, 0.3) is 0 Å². The summed E-state index contributed by atoms with van der Waals surface area (Å²) in [6.07, 6.45) is -0.956. The highest BCUT2D eigenvalue weighted by molar-refractivity contribution is 9.10. The molecule has 11 heteroatoms. The molecule has 23 heavy (non-hydrogen) atoms. The molecule has 126 valence electrons. The van der Waals surface area contributed by atoms with E-state index in [2.05, 4.69) is 31.4 Å². The number of aryl methyl sites for hydroxylation is 2. The van der Waals surface area contributed by atoms with E-state index in [4.69, 9.17) is 11.6 Å². The Morgan fingerprint density at radius 3 is 2.70 bits per heavy atom.